The summed E-state index contributed by atoms with van der Waals surface area (Å²) in [6, 6.07) is 6.85. The predicted molar refractivity (Wildman–Crippen MR) is 92.8 cm³/mol. The van der Waals surface area contributed by atoms with Crippen LogP contribution < -0.4 is 16.0 Å². The number of carbonyl (C=O) groups is 3. The smallest absolute Gasteiger partial charge is 0.408 e. The minimum Gasteiger partial charge on any atom is -0.444 e. The SMILES string of the molecule is CC(C)C(=O)Nc1ccccc1NC(=O)CNC(=O)OC(C)(C)C. The van der Waals surface area contributed by atoms with Crippen molar-refractivity contribution in [2.45, 2.75) is 40.2 Å². The van der Waals surface area contributed by atoms with E-state index in [0.717, 1.165) is 0 Å². The third-order valence-electron chi connectivity index (χ3n) is 2.78. The number of para-hydroxylation sites is 2. The number of hydrogen-bond donors (Lipinski definition) is 3. The molecule has 1 rings (SSSR count). The van der Waals surface area contributed by atoms with E-state index >= 15 is 0 Å². The highest BCUT2D eigenvalue weighted by Crippen LogP contribution is 2.21. The second-order valence-electron chi connectivity index (χ2n) is 6.59. The summed E-state index contributed by atoms with van der Waals surface area (Å²) in [5.41, 5.74) is 0.332. The number of benzene rings is 1. The van der Waals surface area contributed by atoms with Crippen molar-refractivity contribution in [1.82, 2.24) is 5.32 Å². The van der Waals surface area contributed by atoms with Crippen LogP contribution in [0.25, 0.3) is 0 Å². The molecule has 0 fully saturated rings. The number of ether oxygens (including phenoxy) is 1. The van der Waals surface area contributed by atoms with Gasteiger partial charge in [0, 0.05) is 5.92 Å². The molecule has 1 aromatic carbocycles. The van der Waals surface area contributed by atoms with E-state index in [0.29, 0.717) is 11.4 Å². The Kier molecular flexibility index (Phi) is 6.76. The van der Waals surface area contributed by atoms with Crippen molar-refractivity contribution in [3.63, 3.8) is 0 Å². The van der Waals surface area contributed by atoms with E-state index in [4.69, 9.17) is 4.74 Å². The van der Waals surface area contributed by atoms with Crippen molar-refractivity contribution in [3.05, 3.63) is 24.3 Å². The molecule has 0 spiro atoms. The molecule has 132 valence electrons. The van der Waals surface area contributed by atoms with Gasteiger partial charge in [-0.05, 0) is 32.9 Å². The molecule has 0 aromatic heterocycles. The quantitative estimate of drug-likeness (QED) is 0.771. The fourth-order valence-corrected chi connectivity index (χ4v) is 1.64. The van der Waals surface area contributed by atoms with E-state index in [-0.39, 0.29) is 18.4 Å². The lowest BCUT2D eigenvalue weighted by Gasteiger charge is -2.19. The summed E-state index contributed by atoms with van der Waals surface area (Å²) in [4.78, 5) is 35.3. The molecule has 0 aliphatic carbocycles. The molecule has 0 aliphatic rings. The van der Waals surface area contributed by atoms with E-state index in [1.165, 1.54) is 0 Å². The van der Waals surface area contributed by atoms with Gasteiger partial charge in [-0.1, -0.05) is 26.0 Å². The first-order valence-corrected chi connectivity index (χ1v) is 7.75. The topological polar surface area (TPSA) is 96.5 Å². The molecule has 0 heterocycles. The van der Waals surface area contributed by atoms with Gasteiger partial charge < -0.3 is 20.7 Å². The maximum absolute atomic E-state index is 12.0. The van der Waals surface area contributed by atoms with Crippen molar-refractivity contribution < 1.29 is 19.1 Å². The van der Waals surface area contributed by atoms with Crippen LogP contribution in [-0.2, 0) is 14.3 Å². The van der Waals surface area contributed by atoms with E-state index in [1.807, 2.05) is 0 Å². The normalized spacial score (nSPS) is 10.9. The first-order chi connectivity index (χ1) is 11.1. The average molecular weight is 335 g/mol. The molecular formula is C17H25N3O4. The number of hydrogen-bond acceptors (Lipinski definition) is 4. The van der Waals surface area contributed by atoms with Crippen LogP contribution in [0.1, 0.15) is 34.6 Å². The molecule has 24 heavy (non-hydrogen) atoms. The molecule has 0 radical (unpaired) electrons. The van der Waals surface area contributed by atoms with Gasteiger partial charge in [0.25, 0.3) is 0 Å². The molecular weight excluding hydrogens is 310 g/mol. The largest absolute Gasteiger partial charge is 0.444 e. The number of rotatable bonds is 5. The zero-order valence-corrected chi connectivity index (χ0v) is 14.7. The Hall–Kier alpha value is -2.57. The van der Waals surface area contributed by atoms with E-state index in [2.05, 4.69) is 16.0 Å². The average Bonchev–Trinajstić information content (AvgIpc) is 2.45. The highest BCUT2D eigenvalue weighted by atomic mass is 16.6. The van der Waals surface area contributed by atoms with Gasteiger partial charge in [-0.2, -0.15) is 0 Å². The second-order valence-corrected chi connectivity index (χ2v) is 6.59. The number of alkyl carbamates (subject to hydrolysis) is 1. The monoisotopic (exact) mass is 335 g/mol. The highest BCUT2D eigenvalue weighted by molar-refractivity contribution is 6.01. The summed E-state index contributed by atoms with van der Waals surface area (Å²) >= 11 is 0. The summed E-state index contributed by atoms with van der Waals surface area (Å²) in [5, 5.41) is 7.77. The summed E-state index contributed by atoms with van der Waals surface area (Å²) < 4.78 is 5.05. The Balaban J connectivity index is 2.61. The van der Waals surface area contributed by atoms with Crippen molar-refractivity contribution in [2.75, 3.05) is 17.2 Å². The van der Waals surface area contributed by atoms with E-state index in [9.17, 15) is 14.4 Å². The van der Waals surface area contributed by atoms with Crippen molar-refractivity contribution in [1.29, 1.82) is 0 Å². The number of anilines is 2. The predicted octanol–water partition coefficient (Wildman–Crippen LogP) is 2.74. The third-order valence-corrected chi connectivity index (χ3v) is 2.78. The number of nitrogens with one attached hydrogen (secondary N) is 3. The Morgan fingerprint density at radius 2 is 1.58 bits per heavy atom. The van der Waals surface area contributed by atoms with Crippen LogP contribution in [0.4, 0.5) is 16.2 Å². The van der Waals surface area contributed by atoms with Gasteiger partial charge in [-0.3, -0.25) is 9.59 Å². The van der Waals surface area contributed by atoms with Crippen molar-refractivity contribution in [2.24, 2.45) is 5.92 Å². The van der Waals surface area contributed by atoms with Crippen LogP contribution in [0.5, 0.6) is 0 Å². The molecule has 7 nitrogen and oxygen atoms in total. The zero-order valence-electron chi connectivity index (χ0n) is 14.7. The molecule has 0 saturated heterocycles. The fraction of sp³-hybridized carbons (Fsp3) is 0.471. The van der Waals surface area contributed by atoms with Gasteiger partial charge in [0.05, 0.1) is 11.4 Å². The van der Waals surface area contributed by atoms with Crippen molar-refractivity contribution in [3.8, 4) is 0 Å². The van der Waals surface area contributed by atoms with Crippen molar-refractivity contribution >= 4 is 29.3 Å². The Morgan fingerprint density at radius 3 is 2.08 bits per heavy atom. The van der Waals surface area contributed by atoms with Gasteiger partial charge in [-0.25, -0.2) is 4.79 Å². The molecule has 3 N–H and O–H groups in total. The van der Waals surface area contributed by atoms with Crippen LogP contribution >= 0.6 is 0 Å². The Labute approximate surface area is 142 Å². The summed E-state index contributed by atoms with van der Waals surface area (Å²) in [7, 11) is 0. The molecule has 0 bridgehead atoms. The fourth-order valence-electron chi connectivity index (χ4n) is 1.64. The molecule has 0 saturated carbocycles. The first kappa shape index (κ1) is 19.5. The van der Waals surface area contributed by atoms with E-state index in [1.54, 1.807) is 58.9 Å². The van der Waals surface area contributed by atoms with Crippen LogP contribution in [0.3, 0.4) is 0 Å². The molecule has 0 atom stereocenters. The maximum atomic E-state index is 12.0. The standard InChI is InChI=1S/C17H25N3O4/c1-11(2)15(22)20-13-9-7-6-8-12(13)19-14(21)10-18-16(23)24-17(3,4)5/h6-9,11H,10H2,1-5H3,(H,18,23)(H,19,21)(H,20,22). The maximum Gasteiger partial charge on any atom is 0.408 e. The molecule has 0 aliphatic heterocycles. The summed E-state index contributed by atoms with van der Waals surface area (Å²) in [6.45, 7) is 8.53. The van der Waals surface area contributed by atoms with Crippen LogP contribution in [0.15, 0.2) is 24.3 Å². The highest BCUT2D eigenvalue weighted by Gasteiger charge is 2.17. The van der Waals surface area contributed by atoms with Gasteiger partial charge in [0.2, 0.25) is 11.8 Å². The second kappa shape index (κ2) is 8.33. The molecule has 7 heteroatoms. The van der Waals surface area contributed by atoms with Crippen LogP contribution in [0, 0.1) is 5.92 Å². The third kappa shape index (κ3) is 7.13. The summed E-state index contributed by atoms with van der Waals surface area (Å²) in [6.07, 6.45) is -0.668. The number of amides is 3. The van der Waals surface area contributed by atoms with Gasteiger partial charge in [-0.15, -0.1) is 0 Å². The van der Waals surface area contributed by atoms with E-state index < -0.39 is 17.6 Å². The Bertz CT molecular complexity index is 606. The van der Waals surface area contributed by atoms with Crippen LogP contribution in [0.2, 0.25) is 0 Å². The van der Waals surface area contributed by atoms with Crippen LogP contribution in [-0.4, -0.2) is 30.1 Å². The molecule has 3 amide bonds. The van der Waals surface area contributed by atoms with Gasteiger partial charge in [0.1, 0.15) is 12.1 Å². The molecule has 1 aromatic rings. The lowest BCUT2D eigenvalue weighted by molar-refractivity contribution is -0.119. The lowest BCUT2D eigenvalue weighted by atomic mass is 10.2. The lowest BCUT2D eigenvalue weighted by Crippen LogP contribution is -2.37. The first-order valence-electron chi connectivity index (χ1n) is 7.75. The molecule has 0 unspecified atom stereocenters. The van der Waals surface area contributed by atoms with Gasteiger partial charge in [0.15, 0.2) is 0 Å². The summed E-state index contributed by atoms with van der Waals surface area (Å²) in [5.74, 6) is -0.752. The minimum atomic E-state index is -0.668. The van der Waals surface area contributed by atoms with Gasteiger partial charge >= 0.3 is 6.09 Å². The zero-order chi connectivity index (χ0) is 18.3. The Morgan fingerprint density at radius 1 is 1.04 bits per heavy atom. The number of carbonyl (C=O) groups excluding carboxylic acids is 3. The minimum absolute atomic E-state index is 0.149.